The second-order valence-corrected chi connectivity index (χ2v) is 25.0. The lowest BCUT2D eigenvalue weighted by atomic mass is 10.0. The van der Waals surface area contributed by atoms with Gasteiger partial charge in [-0.25, -0.2) is 0 Å². The Morgan fingerprint density at radius 1 is 0.443 bits per heavy atom. The molecule has 0 rings (SSSR count). The van der Waals surface area contributed by atoms with Crippen molar-refractivity contribution in [3.05, 3.63) is 72.9 Å². The first kappa shape index (κ1) is 76.5. The zero-order chi connectivity index (χ0) is 57.9. The van der Waals surface area contributed by atoms with Crippen LogP contribution in [0.2, 0.25) is 0 Å². The molecule has 10 heteroatoms. The first-order valence-electron chi connectivity index (χ1n) is 33.2. The minimum atomic E-state index is -4.71. The molecular formula is C69H127N2O7P. The van der Waals surface area contributed by atoms with Gasteiger partial charge in [-0.3, -0.25) is 14.2 Å². The molecule has 1 N–H and O–H groups in total. The Bertz CT molecular complexity index is 1580. The summed E-state index contributed by atoms with van der Waals surface area (Å²) in [6.45, 7) is 6.81. The van der Waals surface area contributed by atoms with Gasteiger partial charge in [0, 0.05) is 12.8 Å². The lowest BCUT2D eigenvalue weighted by Gasteiger charge is -2.30. The summed E-state index contributed by atoms with van der Waals surface area (Å²) in [5.74, 6) is -0.551. The van der Waals surface area contributed by atoms with Crippen LogP contribution in [-0.2, 0) is 27.9 Å². The molecule has 1 amide bonds. The minimum absolute atomic E-state index is 0.0268. The van der Waals surface area contributed by atoms with E-state index in [0.717, 1.165) is 89.9 Å². The van der Waals surface area contributed by atoms with Gasteiger partial charge in [0.15, 0.2) is 0 Å². The van der Waals surface area contributed by atoms with Crippen LogP contribution >= 0.6 is 7.82 Å². The molecule has 3 unspecified atom stereocenters. The number of hydrogen-bond acceptors (Lipinski definition) is 7. The topological polar surface area (TPSA) is 114 Å². The van der Waals surface area contributed by atoms with Crippen LogP contribution in [0.1, 0.15) is 303 Å². The first-order chi connectivity index (χ1) is 38.4. The van der Waals surface area contributed by atoms with E-state index in [2.05, 4.69) is 86.8 Å². The summed E-state index contributed by atoms with van der Waals surface area (Å²) in [4.78, 5) is 40.1. The molecular weight excluding hydrogens is 1000 g/mol. The van der Waals surface area contributed by atoms with Crippen molar-refractivity contribution in [2.75, 3.05) is 40.9 Å². The molecule has 0 aromatic carbocycles. The molecule has 0 aliphatic rings. The number of quaternary nitrogens is 1. The number of likely N-dealkylation sites (N-methyl/N-ethyl adjacent to an activating group) is 1. The summed E-state index contributed by atoms with van der Waals surface area (Å²) >= 11 is 0. The average Bonchev–Trinajstić information content (AvgIpc) is 3.41. The fourth-order valence-electron chi connectivity index (χ4n) is 9.44. The van der Waals surface area contributed by atoms with Crippen LogP contribution in [0.5, 0.6) is 0 Å². The number of unbranched alkanes of at least 4 members (excludes halogenated alkanes) is 34. The number of rotatable bonds is 60. The van der Waals surface area contributed by atoms with Gasteiger partial charge in [-0.15, -0.1) is 0 Å². The summed E-state index contributed by atoms with van der Waals surface area (Å²) in [7, 11) is 1.17. The Hall–Kier alpha value is -2.55. The van der Waals surface area contributed by atoms with Crippen LogP contribution in [-0.4, -0.2) is 69.4 Å². The van der Waals surface area contributed by atoms with Gasteiger partial charge in [0.1, 0.15) is 19.3 Å². The average molecular weight is 1130 g/mol. The summed E-state index contributed by atoms with van der Waals surface area (Å²) in [6.07, 6.45) is 75.8. The van der Waals surface area contributed by atoms with Crippen molar-refractivity contribution < 1.29 is 37.3 Å². The van der Waals surface area contributed by atoms with E-state index >= 15 is 0 Å². The Morgan fingerprint density at radius 2 is 0.772 bits per heavy atom. The molecule has 0 aliphatic heterocycles. The third kappa shape index (κ3) is 59.9. The monoisotopic (exact) mass is 1130 g/mol. The maximum atomic E-state index is 13.6. The van der Waals surface area contributed by atoms with Crippen molar-refractivity contribution in [3.8, 4) is 0 Å². The Morgan fingerprint density at radius 3 is 1.19 bits per heavy atom. The van der Waals surface area contributed by atoms with Crippen LogP contribution in [0.3, 0.4) is 0 Å². The summed E-state index contributed by atoms with van der Waals surface area (Å²) in [5.41, 5.74) is 0. The Labute approximate surface area is 489 Å². The summed E-state index contributed by atoms with van der Waals surface area (Å²) < 4.78 is 30.4. The number of carbonyl (C=O) groups is 2. The fraction of sp³-hybridized carbons (Fsp3) is 0.797. The number of phosphoric ester groups is 1. The zero-order valence-electron chi connectivity index (χ0n) is 52.6. The number of phosphoric acid groups is 1. The van der Waals surface area contributed by atoms with Gasteiger partial charge in [-0.2, -0.15) is 0 Å². The van der Waals surface area contributed by atoms with Gasteiger partial charge in [-0.05, 0) is 102 Å². The van der Waals surface area contributed by atoms with Crippen molar-refractivity contribution in [2.45, 2.75) is 315 Å². The first-order valence-corrected chi connectivity index (χ1v) is 34.7. The van der Waals surface area contributed by atoms with Crippen molar-refractivity contribution in [1.82, 2.24) is 5.32 Å². The number of allylic oxidation sites excluding steroid dienone is 11. The Kier molecular flexibility index (Phi) is 56.7. The van der Waals surface area contributed by atoms with Crippen molar-refractivity contribution in [1.29, 1.82) is 0 Å². The van der Waals surface area contributed by atoms with Crippen LogP contribution in [0.15, 0.2) is 72.9 Å². The minimum Gasteiger partial charge on any atom is -0.756 e. The molecule has 0 aromatic heterocycles. The van der Waals surface area contributed by atoms with Gasteiger partial charge in [0.25, 0.3) is 7.82 Å². The number of esters is 1. The number of nitrogens with zero attached hydrogens (tertiary/aromatic N) is 1. The molecule has 460 valence electrons. The molecule has 0 fully saturated rings. The van der Waals surface area contributed by atoms with E-state index in [0.29, 0.717) is 17.4 Å². The van der Waals surface area contributed by atoms with Crippen molar-refractivity contribution in [3.63, 3.8) is 0 Å². The predicted molar refractivity (Wildman–Crippen MR) is 339 cm³/mol. The molecule has 0 aliphatic carbocycles. The fourth-order valence-corrected chi connectivity index (χ4v) is 10.2. The third-order valence-electron chi connectivity index (χ3n) is 14.6. The van der Waals surface area contributed by atoms with Gasteiger partial charge in [0.2, 0.25) is 5.91 Å². The van der Waals surface area contributed by atoms with E-state index in [1.807, 2.05) is 33.3 Å². The van der Waals surface area contributed by atoms with Crippen LogP contribution in [0.25, 0.3) is 0 Å². The van der Waals surface area contributed by atoms with E-state index in [-0.39, 0.29) is 24.9 Å². The Balaban J connectivity index is 5.15. The number of ether oxygens (including phenoxy) is 1. The summed E-state index contributed by atoms with van der Waals surface area (Å²) in [5, 5.41) is 3.03. The number of amides is 1. The molecule has 0 spiro atoms. The molecule has 9 nitrogen and oxygen atoms in total. The molecule has 0 saturated carbocycles. The lowest BCUT2D eigenvalue weighted by molar-refractivity contribution is -0.870. The van der Waals surface area contributed by atoms with Crippen LogP contribution < -0.4 is 10.2 Å². The molecule has 0 heterocycles. The van der Waals surface area contributed by atoms with Gasteiger partial charge in [0.05, 0.1) is 33.8 Å². The molecule has 0 aromatic rings. The van der Waals surface area contributed by atoms with Gasteiger partial charge >= 0.3 is 5.97 Å². The molecule has 0 radical (unpaired) electrons. The van der Waals surface area contributed by atoms with E-state index in [1.54, 1.807) is 0 Å². The number of nitrogens with one attached hydrogen (secondary N) is 1. The number of hydrogen-bond donors (Lipinski definition) is 1. The zero-order valence-corrected chi connectivity index (χ0v) is 53.5. The summed E-state index contributed by atoms with van der Waals surface area (Å²) in [6, 6.07) is -0.897. The van der Waals surface area contributed by atoms with E-state index in [1.165, 1.54) is 180 Å². The van der Waals surface area contributed by atoms with Crippen LogP contribution in [0.4, 0.5) is 0 Å². The molecule has 79 heavy (non-hydrogen) atoms. The van der Waals surface area contributed by atoms with Gasteiger partial charge < -0.3 is 28.5 Å². The van der Waals surface area contributed by atoms with E-state index in [4.69, 9.17) is 13.8 Å². The second-order valence-electron chi connectivity index (χ2n) is 23.6. The second kappa shape index (κ2) is 58.6. The smallest absolute Gasteiger partial charge is 0.306 e. The highest BCUT2D eigenvalue weighted by Crippen LogP contribution is 2.38. The maximum Gasteiger partial charge on any atom is 0.306 e. The van der Waals surface area contributed by atoms with E-state index in [9.17, 15) is 19.0 Å². The normalized spacial score (nSPS) is 14.1. The highest BCUT2D eigenvalue weighted by Gasteiger charge is 2.27. The standard InChI is InChI=1S/C69H127N2O7P/c1-7-10-13-16-19-22-25-27-29-31-33-34-35-36-38-39-41-43-46-49-52-55-58-61-68(72)70-66(65-77-79(74,75)76-64-63-71(4,5)6)67(60-57-54-51-48-45-24-21-18-15-12-9-3)78-69(73)62-59-56-53-50-47-44-42-40-37-32-30-28-26-23-20-17-14-11-8-2/h19,22,27-30,33-34,36,38,57,60,66-67H,7-18,20-21,23-26,31-32,35,37,39-56,58-59,61-65H2,1-6H3,(H-,70,72,74,75)/b22-19-,29-27-,30-28+,34-33-,38-36-,60-57-. The van der Waals surface area contributed by atoms with Crippen molar-refractivity contribution >= 4 is 19.7 Å². The predicted octanol–water partition coefficient (Wildman–Crippen LogP) is 20.2. The van der Waals surface area contributed by atoms with Gasteiger partial charge in [-0.1, -0.05) is 261 Å². The number of carbonyl (C=O) groups excluding carboxylic acids is 2. The maximum absolute atomic E-state index is 13.6. The lowest BCUT2D eigenvalue weighted by Crippen LogP contribution is -2.47. The highest BCUT2D eigenvalue weighted by atomic mass is 31.2. The van der Waals surface area contributed by atoms with Crippen LogP contribution in [0, 0.1) is 0 Å². The molecule has 0 saturated heterocycles. The molecule has 3 atom stereocenters. The highest BCUT2D eigenvalue weighted by molar-refractivity contribution is 7.45. The van der Waals surface area contributed by atoms with E-state index < -0.39 is 26.6 Å². The van der Waals surface area contributed by atoms with Crippen molar-refractivity contribution in [2.24, 2.45) is 0 Å². The molecule has 0 bridgehead atoms. The largest absolute Gasteiger partial charge is 0.756 e. The SMILES string of the molecule is CCCCC/C=C\C/C=C\C/C=C\C/C=C\CCCCCCCCCC(=O)NC(COP(=O)([O-])OCC[N+](C)(C)C)C(/C=C\CCCCCCCCCCC)OC(=O)CCCCCCCCCCC/C=C/CCCCCCCC. The third-order valence-corrected chi connectivity index (χ3v) is 15.6. The quantitative estimate of drug-likeness (QED) is 0.0212.